The number of carbonyl (C=O) groups is 2. The van der Waals surface area contributed by atoms with Crippen LogP contribution < -0.4 is 10.6 Å². The van der Waals surface area contributed by atoms with E-state index in [1.54, 1.807) is 12.1 Å². The van der Waals surface area contributed by atoms with Crippen LogP contribution in [0.1, 0.15) is 18.9 Å². The molecule has 0 saturated carbocycles. The average Bonchev–Trinajstić information content (AvgIpc) is 3.15. The van der Waals surface area contributed by atoms with Crippen LogP contribution in [-0.2, 0) is 25.1 Å². The minimum Gasteiger partial charge on any atom is -0.479 e. The summed E-state index contributed by atoms with van der Waals surface area (Å²) < 4.78 is 17.5. The Balaban J connectivity index is 1.54. The first-order chi connectivity index (χ1) is 18.3. The predicted molar refractivity (Wildman–Crippen MR) is 141 cm³/mol. The van der Waals surface area contributed by atoms with Gasteiger partial charge in [-0.05, 0) is 30.0 Å². The monoisotopic (exact) mass is 566 g/mol. The second-order valence-electron chi connectivity index (χ2n) is 9.95. The lowest BCUT2D eigenvalue weighted by molar-refractivity contribution is -0.148. The van der Waals surface area contributed by atoms with Gasteiger partial charge in [-0.3, -0.25) is 9.36 Å². The molecule has 1 saturated heterocycles. The Hall–Kier alpha value is -2.67. The maximum atomic E-state index is 12.6. The van der Waals surface area contributed by atoms with Gasteiger partial charge < -0.3 is 45.6 Å². The van der Waals surface area contributed by atoms with Gasteiger partial charge in [0.05, 0.1) is 50.2 Å². The van der Waals surface area contributed by atoms with E-state index in [1.165, 1.54) is 0 Å². The van der Waals surface area contributed by atoms with Gasteiger partial charge in [-0.15, -0.1) is 0 Å². The molecule has 1 fully saturated rings. The van der Waals surface area contributed by atoms with E-state index in [9.17, 15) is 44.6 Å². The van der Waals surface area contributed by atoms with Crippen LogP contribution >= 0.6 is 7.60 Å². The summed E-state index contributed by atoms with van der Waals surface area (Å²) in [6.45, 7) is -0.167. The van der Waals surface area contributed by atoms with Crippen molar-refractivity contribution in [3.05, 3.63) is 60.2 Å². The van der Waals surface area contributed by atoms with Gasteiger partial charge in [-0.25, -0.2) is 4.79 Å². The third-order valence-electron chi connectivity index (χ3n) is 6.63. The fraction of sp³-hybridized carbons (Fsp3) is 0.462. The van der Waals surface area contributed by atoms with Gasteiger partial charge in [0, 0.05) is 6.04 Å². The third-order valence-corrected chi connectivity index (χ3v) is 8.05. The molecule has 2 unspecified atom stereocenters. The van der Waals surface area contributed by atoms with Crippen molar-refractivity contribution in [3.63, 3.8) is 0 Å². The summed E-state index contributed by atoms with van der Waals surface area (Å²) in [5, 5.41) is 54.1. The Morgan fingerprint density at radius 2 is 1.64 bits per heavy atom. The number of hydrogen-bond donors (Lipinski definition) is 8. The highest BCUT2D eigenvalue weighted by molar-refractivity contribution is 7.52. The van der Waals surface area contributed by atoms with Gasteiger partial charge >= 0.3 is 13.6 Å². The molecule has 1 aliphatic rings. The number of amides is 1. The standard InChI is InChI=1S/C26H35N2O10P/c1-26(25(34)35,28-22(31)11-16-7-9-18(10-8-16)17-5-3-2-4-6-17)15-38-39(36,37)14-19(30)12-20-23(32)24(33)21(13-29)27-20/h2-10,19-21,23-24,27,29-30,32-33H,11-15H2,1H3,(H,28,31)(H,34,35)(H,36,37)/t19-,20-,21-,23-,24-,26?/m1/s1. The molecule has 0 spiro atoms. The van der Waals surface area contributed by atoms with E-state index in [4.69, 9.17) is 4.52 Å². The summed E-state index contributed by atoms with van der Waals surface area (Å²) in [4.78, 5) is 34.7. The molecular formula is C26H35N2O10P. The van der Waals surface area contributed by atoms with Gasteiger partial charge in [0.25, 0.3) is 0 Å². The zero-order valence-electron chi connectivity index (χ0n) is 21.4. The van der Waals surface area contributed by atoms with E-state index in [0.717, 1.165) is 18.1 Å². The van der Waals surface area contributed by atoms with Crippen LogP contribution in [0.3, 0.4) is 0 Å². The van der Waals surface area contributed by atoms with E-state index < -0.39 is 74.8 Å². The number of hydrogen-bond acceptors (Lipinski definition) is 9. The minimum atomic E-state index is -4.53. The van der Waals surface area contributed by atoms with Crippen molar-refractivity contribution in [3.8, 4) is 11.1 Å². The smallest absolute Gasteiger partial charge is 0.331 e. The fourth-order valence-electron chi connectivity index (χ4n) is 4.37. The summed E-state index contributed by atoms with van der Waals surface area (Å²) >= 11 is 0. The number of carboxylic acids is 1. The molecule has 12 nitrogen and oxygen atoms in total. The Morgan fingerprint density at radius 3 is 2.21 bits per heavy atom. The molecule has 39 heavy (non-hydrogen) atoms. The van der Waals surface area contributed by atoms with Gasteiger partial charge in [0.15, 0.2) is 5.54 Å². The fourth-order valence-corrected chi connectivity index (χ4v) is 5.61. The summed E-state index contributed by atoms with van der Waals surface area (Å²) in [7, 11) is -4.53. The molecule has 0 aliphatic carbocycles. The lowest BCUT2D eigenvalue weighted by Crippen LogP contribution is -2.55. The van der Waals surface area contributed by atoms with Crippen molar-refractivity contribution < 1.29 is 49.1 Å². The molecule has 0 radical (unpaired) electrons. The molecule has 13 heteroatoms. The number of carboxylic acid groups (broad SMARTS) is 1. The first-order valence-corrected chi connectivity index (χ1v) is 14.2. The van der Waals surface area contributed by atoms with E-state index in [-0.39, 0.29) is 12.8 Å². The SMILES string of the molecule is CC(COP(=O)(O)C[C@H](O)C[C@H]1N[C@H](CO)[C@@H](O)[C@@H]1O)(NC(=O)Cc1ccc(-c2ccccc2)cc1)C(=O)O. The molecule has 0 bridgehead atoms. The number of aliphatic hydroxyl groups is 4. The lowest BCUT2D eigenvalue weighted by Gasteiger charge is -2.28. The summed E-state index contributed by atoms with van der Waals surface area (Å²) in [6.07, 6.45) is -5.19. The summed E-state index contributed by atoms with van der Waals surface area (Å²) in [5.74, 6) is -2.12. The van der Waals surface area contributed by atoms with Crippen molar-refractivity contribution >= 4 is 19.5 Å². The van der Waals surface area contributed by atoms with Crippen molar-refractivity contribution in [2.24, 2.45) is 0 Å². The molecule has 2 aromatic carbocycles. The number of nitrogens with one attached hydrogen (secondary N) is 2. The van der Waals surface area contributed by atoms with Crippen LogP contribution in [0, 0.1) is 0 Å². The number of aliphatic hydroxyl groups excluding tert-OH is 4. The number of benzene rings is 2. The molecule has 214 valence electrons. The largest absolute Gasteiger partial charge is 0.479 e. The Labute approximate surface area is 225 Å². The molecule has 1 amide bonds. The highest BCUT2D eigenvalue weighted by Gasteiger charge is 2.43. The van der Waals surface area contributed by atoms with Crippen LogP contribution in [-0.4, -0.2) is 97.6 Å². The van der Waals surface area contributed by atoms with E-state index in [2.05, 4.69) is 10.6 Å². The Bertz CT molecular complexity index is 1170. The maximum absolute atomic E-state index is 12.6. The van der Waals surface area contributed by atoms with Crippen molar-refractivity contribution in [1.29, 1.82) is 0 Å². The molecule has 0 aromatic heterocycles. The lowest BCUT2D eigenvalue weighted by atomic mass is 10.0. The summed E-state index contributed by atoms with van der Waals surface area (Å²) in [6, 6.07) is 15.1. The number of rotatable bonds is 13. The van der Waals surface area contributed by atoms with E-state index in [0.29, 0.717) is 5.56 Å². The van der Waals surface area contributed by atoms with Crippen LogP contribution in [0.5, 0.6) is 0 Å². The minimum absolute atomic E-state index is 0.134. The molecular weight excluding hydrogens is 531 g/mol. The van der Waals surface area contributed by atoms with Gasteiger partial charge in [-0.2, -0.15) is 0 Å². The van der Waals surface area contributed by atoms with Gasteiger partial charge in [0.2, 0.25) is 5.91 Å². The number of carbonyl (C=O) groups excluding carboxylic acids is 1. The topological polar surface area (TPSA) is 206 Å². The van der Waals surface area contributed by atoms with Crippen LogP contribution in [0.15, 0.2) is 54.6 Å². The normalized spacial score (nSPS) is 24.9. The van der Waals surface area contributed by atoms with Crippen molar-refractivity contribution in [2.45, 2.75) is 55.7 Å². The zero-order valence-corrected chi connectivity index (χ0v) is 22.3. The second kappa shape index (κ2) is 13.1. The van der Waals surface area contributed by atoms with Crippen molar-refractivity contribution in [2.75, 3.05) is 19.4 Å². The summed E-state index contributed by atoms with van der Waals surface area (Å²) in [5.41, 5.74) is 0.553. The molecule has 1 heterocycles. The third kappa shape index (κ3) is 8.41. The quantitative estimate of drug-likeness (QED) is 0.150. The molecule has 7 atom stereocenters. The predicted octanol–water partition coefficient (Wildman–Crippen LogP) is -0.137. The van der Waals surface area contributed by atoms with Crippen LogP contribution in [0.25, 0.3) is 11.1 Å². The molecule has 8 N–H and O–H groups in total. The van der Waals surface area contributed by atoms with Crippen LogP contribution in [0.2, 0.25) is 0 Å². The second-order valence-corrected chi connectivity index (χ2v) is 11.8. The zero-order chi connectivity index (χ0) is 28.8. The van der Waals surface area contributed by atoms with Gasteiger partial charge in [0.1, 0.15) is 0 Å². The van der Waals surface area contributed by atoms with Crippen LogP contribution in [0.4, 0.5) is 0 Å². The van der Waals surface area contributed by atoms with E-state index in [1.807, 2.05) is 42.5 Å². The van der Waals surface area contributed by atoms with Gasteiger partial charge in [-0.1, -0.05) is 54.6 Å². The maximum Gasteiger partial charge on any atom is 0.331 e. The molecule has 1 aliphatic heterocycles. The van der Waals surface area contributed by atoms with Crippen molar-refractivity contribution in [1.82, 2.24) is 10.6 Å². The average molecular weight is 567 g/mol. The first-order valence-electron chi connectivity index (χ1n) is 12.4. The molecule has 3 rings (SSSR count). The highest BCUT2D eigenvalue weighted by atomic mass is 31.2. The Kier molecular flexibility index (Phi) is 10.4. The first kappa shape index (κ1) is 30.9. The highest BCUT2D eigenvalue weighted by Crippen LogP contribution is 2.44. The number of aliphatic carboxylic acids is 1. The van der Waals surface area contributed by atoms with E-state index >= 15 is 0 Å². The molecule has 2 aromatic rings. The Morgan fingerprint density at radius 1 is 1.05 bits per heavy atom.